The summed E-state index contributed by atoms with van der Waals surface area (Å²) in [6, 6.07) is 7.13. The van der Waals surface area contributed by atoms with Gasteiger partial charge in [-0.05, 0) is 24.3 Å². The number of anilines is 1. The fourth-order valence-electron chi connectivity index (χ4n) is 0.787. The zero-order chi connectivity index (χ0) is 10.6. The summed E-state index contributed by atoms with van der Waals surface area (Å²) < 4.78 is 0.940. The van der Waals surface area contributed by atoms with Gasteiger partial charge < -0.3 is 10.7 Å². The molecule has 0 atom stereocenters. The Kier molecular flexibility index (Phi) is 3.99. The lowest BCUT2D eigenvalue weighted by Gasteiger charge is -2.05. The zero-order valence-corrected chi connectivity index (χ0v) is 9.48. The molecule has 1 amide bonds. The van der Waals surface area contributed by atoms with Gasteiger partial charge in [0.1, 0.15) is 0 Å². The van der Waals surface area contributed by atoms with E-state index in [1.807, 2.05) is 12.1 Å². The summed E-state index contributed by atoms with van der Waals surface area (Å²) in [5.74, 6) is 4.57. The maximum atomic E-state index is 11.2. The smallest absolute Gasteiger partial charge is 0.284 e. The molecule has 0 saturated carbocycles. The summed E-state index contributed by atoms with van der Waals surface area (Å²) in [7, 11) is 0. The Morgan fingerprint density at radius 2 is 1.93 bits per heavy atom. The molecule has 0 saturated heterocycles. The number of rotatable bonds is 1. The predicted molar refractivity (Wildman–Crippen MR) is 62.7 cm³/mol. The van der Waals surface area contributed by atoms with E-state index in [1.165, 1.54) is 0 Å². The second-order valence-corrected chi connectivity index (χ2v) is 3.76. The molecule has 0 unspecified atom stereocenters. The highest BCUT2D eigenvalue weighted by Gasteiger charge is 2.06. The molecule has 0 heterocycles. The van der Waals surface area contributed by atoms with Crippen molar-refractivity contribution in [1.82, 2.24) is 5.43 Å². The van der Waals surface area contributed by atoms with Crippen LogP contribution in [0.25, 0.3) is 0 Å². The minimum atomic E-state index is -0.426. The second-order valence-electron chi connectivity index (χ2n) is 2.43. The normalized spacial score (nSPS) is 9.29. The second kappa shape index (κ2) is 5.04. The van der Waals surface area contributed by atoms with E-state index >= 15 is 0 Å². The first-order chi connectivity index (χ1) is 6.63. The van der Waals surface area contributed by atoms with Gasteiger partial charge >= 0.3 is 0 Å². The standard InChI is InChI=1S/C8H8BrN3OS/c9-5-1-3-6(4-2-5)11-7(13)8(14)12-10/h1-4H,10H2,(H,11,13)(H,12,14). The minimum Gasteiger partial charge on any atom is -0.320 e. The number of nitrogens with one attached hydrogen (secondary N) is 2. The molecule has 0 aromatic heterocycles. The number of hydrogen-bond acceptors (Lipinski definition) is 3. The van der Waals surface area contributed by atoms with Crippen molar-refractivity contribution >= 4 is 44.7 Å². The molecule has 0 aliphatic heterocycles. The van der Waals surface area contributed by atoms with Gasteiger partial charge in [0.25, 0.3) is 5.91 Å². The highest BCUT2D eigenvalue weighted by molar-refractivity contribution is 9.10. The molecule has 1 aromatic carbocycles. The van der Waals surface area contributed by atoms with Crippen molar-refractivity contribution < 1.29 is 4.79 Å². The summed E-state index contributed by atoms with van der Waals surface area (Å²) >= 11 is 7.93. The summed E-state index contributed by atoms with van der Waals surface area (Å²) in [5.41, 5.74) is 2.77. The molecule has 1 rings (SSSR count). The van der Waals surface area contributed by atoms with Gasteiger partial charge in [0.15, 0.2) is 4.99 Å². The maximum Gasteiger partial charge on any atom is 0.284 e. The van der Waals surface area contributed by atoms with Gasteiger partial charge in [-0.3, -0.25) is 4.79 Å². The van der Waals surface area contributed by atoms with Crippen LogP contribution < -0.4 is 16.6 Å². The van der Waals surface area contributed by atoms with Crippen LogP contribution in [0.5, 0.6) is 0 Å². The molecule has 74 valence electrons. The molecule has 4 nitrogen and oxygen atoms in total. The number of hydrogen-bond donors (Lipinski definition) is 3. The van der Waals surface area contributed by atoms with Crippen LogP contribution in [0.2, 0.25) is 0 Å². The third-order valence-electron chi connectivity index (χ3n) is 1.44. The third-order valence-corrected chi connectivity index (χ3v) is 2.27. The van der Waals surface area contributed by atoms with Crippen molar-refractivity contribution in [3.8, 4) is 0 Å². The first kappa shape index (κ1) is 11.1. The number of halogens is 1. The molecular weight excluding hydrogens is 266 g/mol. The van der Waals surface area contributed by atoms with Crippen molar-refractivity contribution in [2.75, 3.05) is 5.32 Å². The fraction of sp³-hybridized carbons (Fsp3) is 0. The highest BCUT2D eigenvalue weighted by atomic mass is 79.9. The summed E-state index contributed by atoms with van der Waals surface area (Å²) in [5, 5.41) is 2.58. The Morgan fingerprint density at radius 1 is 1.36 bits per heavy atom. The monoisotopic (exact) mass is 273 g/mol. The molecule has 1 aromatic rings. The molecule has 0 radical (unpaired) electrons. The van der Waals surface area contributed by atoms with Gasteiger partial charge in [-0.1, -0.05) is 28.1 Å². The molecule has 0 aliphatic carbocycles. The number of hydrazine groups is 1. The molecule has 4 N–H and O–H groups in total. The SMILES string of the molecule is NNC(=S)C(=O)Nc1ccc(Br)cc1. The van der Waals surface area contributed by atoms with E-state index < -0.39 is 5.91 Å². The summed E-state index contributed by atoms with van der Waals surface area (Å²) in [6.07, 6.45) is 0. The van der Waals surface area contributed by atoms with E-state index in [4.69, 9.17) is 5.84 Å². The minimum absolute atomic E-state index is 0.0482. The van der Waals surface area contributed by atoms with Crippen molar-refractivity contribution in [2.45, 2.75) is 0 Å². The lowest BCUT2D eigenvalue weighted by atomic mass is 10.3. The van der Waals surface area contributed by atoms with Gasteiger partial charge in [0, 0.05) is 10.2 Å². The van der Waals surface area contributed by atoms with E-state index in [0.717, 1.165) is 4.47 Å². The molecule has 0 fully saturated rings. The van der Waals surface area contributed by atoms with Gasteiger partial charge in [0.2, 0.25) is 0 Å². The van der Waals surface area contributed by atoms with E-state index in [2.05, 4.69) is 38.9 Å². The van der Waals surface area contributed by atoms with Crippen LogP contribution >= 0.6 is 28.1 Å². The van der Waals surface area contributed by atoms with Crippen LogP contribution in [-0.2, 0) is 4.79 Å². The summed E-state index contributed by atoms with van der Waals surface area (Å²) in [4.78, 5) is 11.2. The van der Waals surface area contributed by atoms with Gasteiger partial charge in [-0.2, -0.15) is 0 Å². The van der Waals surface area contributed by atoms with Crippen molar-refractivity contribution in [1.29, 1.82) is 0 Å². The predicted octanol–water partition coefficient (Wildman–Crippen LogP) is 1.18. The van der Waals surface area contributed by atoms with Gasteiger partial charge in [-0.25, -0.2) is 5.84 Å². The highest BCUT2D eigenvalue weighted by Crippen LogP contribution is 2.13. The molecule has 0 aliphatic rings. The Hall–Kier alpha value is -0.980. The van der Waals surface area contributed by atoms with E-state index in [9.17, 15) is 4.79 Å². The maximum absolute atomic E-state index is 11.2. The average molecular weight is 274 g/mol. The first-order valence-electron chi connectivity index (χ1n) is 3.71. The van der Waals surface area contributed by atoms with Crippen LogP contribution in [0, 0.1) is 0 Å². The van der Waals surface area contributed by atoms with E-state index in [-0.39, 0.29) is 4.99 Å². The van der Waals surface area contributed by atoms with Crippen LogP contribution in [0.1, 0.15) is 0 Å². The Morgan fingerprint density at radius 3 is 2.43 bits per heavy atom. The van der Waals surface area contributed by atoms with Crippen molar-refractivity contribution in [3.63, 3.8) is 0 Å². The number of carbonyl (C=O) groups excluding carboxylic acids is 1. The topological polar surface area (TPSA) is 67.1 Å². The lowest BCUT2D eigenvalue weighted by molar-refractivity contribution is -0.110. The third kappa shape index (κ3) is 3.06. The van der Waals surface area contributed by atoms with E-state index in [0.29, 0.717) is 5.69 Å². The largest absolute Gasteiger partial charge is 0.320 e. The Labute approximate surface area is 95.0 Å². The van der Waals surface area contributed by atoms with E-state index in [1.54, 1.807) is 12.1 Å². The first-order valence-corrected chi connectivity index (χ1v) is 4.91. The zero-order valence-electron chi connectivity index (χ0n) is 7.08. The van der Waals surface area contributed by atoms with Gasteiger partial charge in [-0.15, -0.1) is 0 Å². The van der Waals surface area contributed by atoms with Crippen molar-refractivity contribution in [3.05, 3.63) is 28.7 Å². The molecule has 0 spiro atoms. The fourth-order valence-corrected chi connectivity index (χ4v) is 1.10. The lowest BCUT2D eigenvalue weighted by Crippen LogP contribution is -2.38. The number of benzene rings is 1. The van der Waals surface area contributed by atoms with Gasteiger partial charge in [0.05, 0.1) is 0 Å². The Balaban J connectivity index is 2.65. The number of carbonyl (C=O) groups is 1. The van der Waals surface area contributed by atoms with Crippen LogP contribution in [0.15, 0.2) is 28.7 Å². The van der Waals surface area contributed by atoms with Crippen molar-refractivity contribution in [2.24, 2.45) is 5.84 Å². The molecule has 6 heteroatoms. The molecule has 0 bridgehead atoms. The molecule has 14 heavy (non-hydrogen) atoms. The number of nitrogens with two attached hydrogens (primary N) is 1. The molecular formula is C8H8BrN3OS. The number of amides is 1. The summed E-state index contributed by atoms with van der Waals surface area (Å²) in [6.45, 7) is 0. The number of thiocarbonyl (C=S) groups is 1. The Bertz CT molecular complexity index is 352. The quantitative estimate of drug-likeness (QED) is 0.408. The van der Waals surface area contributed by atoms with Crippen LogP contribution in [-0.4, -0.2) is 10.9 Å². The average Bonchev–Trinajstić information content (AvgIpc) is 2.20. The van der Waals surface area contributed by atoms with Crippen LogP contribution in [0.3, 0.4) is 0 Å². The van der Waals surface area contributed by atoms with Crippen LogP contribution in [0.4, 0.5) is 5.69 Å².